The normalized spacial score (nSPS) is 22.3. The number of aromatic nitrogens is 1. The zero-order valence-corrected chi connectivity index (χ0v) is 8.58. The van der Waals surface area contributed by atoms with Gasteiger partial charge in [0.05, 0.1) is 30.0 Å². The summed E-state index contributed by atoms with van der Waals surface area (Å²) in [6.07, 6.45) is 1.96. The van der Waals surface area contributed by atoms with E-state index in [4.69, 9.17) is 4.74 Å². The zero-order chi connectivity index (χ0) is 9.76. The Kier molecular flexibility index (Phi) is 1.46. The second-order valence-electron chi connectivity index (χ2n) is 4.51. The lowest BCUT2D eigenvalue weighted by atomic mass is 9.84. The number of hydrogen-bond donors (Lipinski definition) is 0. The Bertz CT molecular complexity index is 385. The second kappa shape index (κ2) is 2.48. The Labute approximate surface area is 83.7 Å². The molecule has 2 aliphatic heterocycles. The van der Waals surface area contributed by atoms with Crippen molar-refractivity contribution in [1.82, 2.24) is 4.98 Å². The number of aryl methyl sites for hydroxylation is 1. The molecule has 1 spiro atoms. The summed E-state index contributed by atoms with van der Waals surface area (Å²) in [4.78, 5) is 6.85. The smallest absolute Gasteiger partial charge is 0.0787 e. The molecule has 3 heteroatoms. The SMILES string of the molecule is Cc1cnc2c(c1)N(C)CC21COC1. The molecule has 0 amide bonds. The monoisotopic (exact) mass is 190 g/mol. The summed E-state index contributed by atoms with van der Waals surface area (Å²) < 4.78 is 5.33. The average molecular weight is 190 g/mol. The van der Waals surface area contributed by atoms with Gasteiger partial charge in [-0.2, -0.15) is 0 Å². The number of ether oxygens (including phenoxy) is 1. The Hall–Kier alpha value is -1.09. The molecule has 0 aliphatic carbocycles. The molecule has 74 valence electrons. The number of fused-ring (bicyclic) bond motifs is 2. The van der Waals surface area contributed by atoms with Gasteiger partial charge < -0.3 is 9.64 Å². The molecule has 1 saturated heterocycles. The number of anilines is 1. The van der Waals surface area contributed by atoms with E-state index in [2.05, 4.69) is 29.9 Å². The van der Waals surface area contributed by atoms with Crippen LogP contribution < -0.4 is 4.90 Å². The first-order valence-corrected chi connectivity index (χ1v) is 4.97. The van der Waals surface area contributed by atoms with E-state index < -0.39 is 0 Å². The van der Waals surface area contributed by atoms with Crippen molar-refractivity contribution in [2.24, 2.45) is 0 Å². The second-order valence-corrected chi connectivity index (χ2v) is 4.51. The molecule has 0 N–H and O–H groups in total. The van der Waals surface area contributed by atoms with E-state index in [0.717, 1.165) is 19.8 Å². The van der Waals surface area contributed by atoms with Crippen LogP contribution >= 0.6 is 0 Å². The number of rotatable bonds is 0. The molecular weight excluding hydrogens is 176 g/mol. The average Bonchev–Trinajstić information content (AvgIpc) is 2.39. The molecule has 3 heterocycles. The summed E-state index contributed by atoms with van der Waals surface area (Å²) in [5.41, 5.74) is 3.95. The highest BCUT2D eigenvalue weighted by Crippen LogP contribution is 2.43. The molecule has 14 heavy (non-hydrogen) atoms. The molecule has 2 aliphatic rings. The van der Waals surface area contributed by atoms with E-state index in [9.17, 15) is 0 Å². The van der Waals surface area contributed by atoms with Crippen LogP contribution in [0.15, 0.2) is 12.3 Å². The van der Waals surface area contributed by atoms with Gasteiger partial charge in [-0.05, 0) is 18.6 Å². The molecule has 1 fully saturated rings. The van der Waals surface area contributed by atoms with E-state index in [1.807, 2.05) is 6.20 Å². The van der Waals surface area contributed by atoms with Crippen LogP contribution in [-0.4, -0.2) is 31.8 Å². The molecule has 1 aromatic heterocycles. The zero-order valence-electron chi connectivity index (χ0n) is 8.58. The fraction of sp³-hybridized carbons (Fsp3) is 0.545. The quantitative estimate of drug-likeness (QED) is 0.612. The van der Waals surface area contributed by atoms with Crippen molar-refractivity contribution in [1.29, 1.82) is 0 Å². The largest absolute Gasteiger partial charge is 0.379 e. The Morgan fingerprint density at radius 3 is 2.93 bits per heavy atom. The molecule has 0 bridgehead atoms. The third kappa shape index (κ3) is 0.879. The van der Waals surface area contributed by atoms with Gasteiger partial charge in [-0.15, -0.1) is 0 Å². The highest BCUT2D eigenvalue weighted by atomic mass is 16.5. The lowest BCUT2D eigenvalue weighted by Gasteiger charge is -2.37. The predicted octanol–water partition coefficient (Wildman–Crippen LogP) is 1.11. The van der Waals surface area contributed by atoms with Gasteiger partial charge in [-0.1, -0.05) is 0 Å². The highest BCUT2D eigenvalue weighted by molar-refractivity contribution is 5.61. The fourth-order valence-corrected chi connectivity index (χ4v) is 2.44. The van der Waals surface area contributed by atoms with Gasteiger partial charge in [0, 0.05) is 19.8 Å². The first kappa shape index (κ1) is 8.24. The number of likely N-dealkylation sites (N-methyl/N-ethyl adjacent to an activating group) is 1. The molecule has 1 aromatic rings. The van der Waals surface area contributed by atoms with E-state index in [-0.39, 0.29) is 5.41 Å². The minimum atomic E-state index is 0.206. The van der Waals surface area contributed by atoms with Crippen molar-refractivity contribution < 1.29 is 4.74 Å². The van der Waals surface area contributed by atoms with Crippen molar-refractivity contribution >= 4 is 5.69 Å². The molecule has 0 atom stereocenters. The molecule has 0 radical (unpaired) electrons. The van der Waals surface area contributed by atoms with Gasteiger partial charge in [-0.3, -0.25) is 4.98 Å². The molecule has 3 nitrogen and oxygen atoms in total. The lowest BCUT2D eigenvalue weighted by Crippen LogP contribution is -2.49. The summed E-state index contributed by atoms with van der Waals surface area (Å²) in [7, 11) is 2.13. The van der Waals surface area contributed by atoms with Gasteiger partial charge in [0.25, 0.3) is 0 Å². The van der Waals surface area contributed by atoms with E-state index in [1.54, 1.807) is 0 Å². The minimum Gasteiger partial charge on any atom is -0.379 e. The van der Waals surface area contributed by atoms with Crippen LogP contribution in [0.4, 0.5) is 5.69 Å². The standard InChI is InChI=1S/C11H14N2O/c1-8-3-9-10(12-4-8)11(5-13(9)2)6-14-7-11/h3-4H,5-7H2,1-2H3. The van der Waals surface area contributed by atoms with Crippen molar-refractivity contribution in [3.05, 3.63) is 23.5 Å². The maximum Gasteiger partial charge on any atom is 0.0787 e. The summed E-state index contributed by atoms with van der Waals surface area (Å²) in [5, 5.41) is 0. The molecule has 0 saturated carbocycles. The van der Waals surface area contributed by atoms with Crippen molar-refractivity contribution in [2.45, 2.75) is 12.3 Å². The van der Waals surface area contributed by atoms with E-state index in [1.165, 1.54) is 16.9 Å². The van der Waals surface area contributed by atoms with Crippen LogP contribution in [0.2, 0.25) is 0 Å². The third-order valence-corrected chi connectivity index (χ3v) is 3.21. The van der Waals surface area contributed by atoms with Gasteiger partial charge in [0.15, 0.2) is 0 Å². The number of hydrogen-bond acceptors (Lipinski definition) is 3. The lowest BCUT2D eigenvalue weighted by molar-refractivity contribution is -0.0528. The Balaban J connectivity index is 2.14. The van der Waals surface area contributed by atoms with Crippen LogP contribution in [-0.2, 0) is 10.2 Å². The molecule has 0 unspecified atom stereocenters. The maximum absolute atomic E-state index is 5.33. The van der Waals surface area contributed by atoms with Gasteiger partial charge >= 0.3 is 0 Å². The predicted molar refractivity (Wildman–Crippen MR) is 54.7 cm³/mol. The van der Waals surface area contributed by atoms with E-state index >= 15 is 0 Å². The van der Waals surface area contributed by atoms with Gasteiger partial charge in [0.1, 0.15) is 0 Å². The van der Waals surface area contributed by atoms with Crippen LogP contribution in [0.1, 0.15) is 11.3 Å². The topological polar surface area (TPSA) is 25.4 Å². The van der Waals surface area contributed by atoms with Gasteiger partial charge in [0.2, 0.25) is 0 Å². The summed E-state index contributed by atoms with van der Waals surface area (Å²) in [5.74, 6) is 0. The van der Waals surface area contributed by atoms with Crippen molar-refractivity contribution in [3.8, 4) is 0 Å². The fourth-order valence-electron chi connectivity index (χ4n) is 2.44. The van der Waals surface area contributed by atoms with Crippen LogP contribution in [0, 0.1) is 6.92 Å². The third-order valence-electron chi connectivity index (χ3n) is 3.21. The summed E-state index contributed by atoms with van der Waals surface area (Å²) >= 11 is 0. The number of pyridine rings is 1. The van der Waals surface area contributed by atoms with Crippen molar-refractivity contribution in [3.63, 3.8) is 0 Å². The molecular formula is C11H14N2O. The summed E-state index contributed by atoms with van der Waals surface area (Å²) in [6, 6.07) is 2.22. The van der Waals surface area contributed by atoms with Crippen LogP contribution in [0.3, 0.4) is 0 Å². The van der Waals surface area contributed by atoms with Crippen molar-refractivity contribution in [2.75, 3.05) is 31.7 Å². The van der Waals surface area contributed by atoms with Crippen LogP contribution in [0.5, 0.6) is 0 Å². The first-order valence-electron chi connectivity index (χ1n) is 4.97. The maximum atomic E-state index is 5.33. The molecule has 0 aromatic carbocycles. The molecule has 3 rings (SSSR count). The highest BCUT2D eigenvalue weighted by Gasteiger charge is 2.48. The first-order chi connectivity index (χ1) is 6.71. The Morgan fingerprint density at radius 2 is 2.29 bits per heavy atom. The number of nitrogens with zero attached hydrogens (tertiary/aromatic N) is 2. The Morgan fingerprint density at radius 1 is 1.50 bits per heavy atom. The van der Waals surface area contributed by atoms with Gasteiger partial charge in [-0.25, -0.2) is 0 Å². The summed E-state index contributed by atoms with van der Waals surface area (Å²) in [6.45, 7) is 4.81. The minimum absolute atomic E-state index is 0.206. The van der Waals surface area contributed by atoms with E-state index in [0.29, 0.717) is 0 Å². The van der Waals surface area contributed by atoms with Crippen LogP contribution in [0.25, 0.3) is 0 Å².